The molecule has 0 saturated carbocycles. The lowest BCUT2D eigenvalue weighted by atomic mass is 9.95. The summed E-state index contributed by atoms with van der Waals surface area (Å²) in [5.41, 5.74) is 0.892. The molecule has 1 unspecified atom stereocenters. The molecule has 2 heterocycles. The summed E-state index contributed by atoms with van der Waals surface area (Å²) in [4.78, 5) is 31.9. The molecule has 3 aromatic rings. The predicted octanol–water partition coefficient (Wildman–Crippen LogP) is 4.58. The molecule has 34 heavy (non-hydrogen) atoms. The van der Waals surface area contributed by atoms with E-state index in [4.69, 9.17) is 14.2 Å². The molecule has 1 aliphatic heterocycles. The molecule has 4 rings (SSSR count). The Morgan fingerprint density at radius 3 is 2.56 bits per heavy atom. The lowest BCUT2D eigenvalue weighted by Crippen LogP contribution is -2.29. The molecule has 176 valence electrons. The van der Waals surface area contributed by atoms with E-state index in [9.17, 15) is 14.7 Å². The molecule has 8 nitrogen and oxygen atoms in total. The number of hydrogen-bond donors (Lipinski definition) is 1. The van der Waals surface area contributed by atoms with Crippen LogP contribution in [0.1, 0.15) is 31.0 Å². The zero-order chi connectivity index (χ0) is 24.2. The summed E-state index contributed by atoms with van der Waals surface area (Å²) in [5, 5.41) is 13.3. The molecule has 1 atom stereocenters. The molecule has 0 radical (unpaired) electrons. The van der Waals surface area contributed by atoms with Crippen LogP contribution in [0.25, 0.3) is 5.76 Å². The molecule has 1 N–H and O–H groups in total. The minimum absolute atomic E-state index is 0.0416. The second-order valence-corrected chi connectivity index (χ2v) is 8.16. The number of anilines is 1. The highest BCUT2D eigenvalue weighted by Gasteiger charge is 2.48. The number of thiazole rings is 1. The van der Waals surface area contributed by atoms with E-state index in [0.717, 1.165) is 0 Å². The second kappa shape index (κ2) is 9.96. The standard InChI is InChI=1S/C25H24N2O6S/c1-4-32-17-8-6-7-16(13-17)22(28)20-21(15-9-10-18(33-5-2)19(14-15)31-3)27(24(30)23(20)29)25-26-11-12-34-25/h6-14,21,28H,4-5H2,1-3H3. The first kappa shape index (κ1) is 23.3. The Morgan fingerprint density at radius 1 is 1.09 bits per heavy atom. The van der Waals surface area contributed by atoms with Gasteiger partial charge in [-0.3, -0.25) is 14.5 Å². The average Bonchev–Trinajstić information content (AvgIpc) is 3.46. The van der Waals surface area contributed by atoms with E-state index in [1.165, 1.54) is 23.3 Å². The number of ketones is 1. The fourth-order valence-corrected chi connectivity index (χ4v) is 4.53. The molecule has 2 aromatic carbocycles. The highest BCUT2D eigenvalue weighted by Crippen LogP contribution is 2.44. The fourth-order valence-electron chi connectivity index (χ4n) is 3.86. The topological polar surface area (TPSA) is 98.2 Å². The lowest BCUT2D eigenvalue weighted by Gasteiger charge is -2.24. The monoisotopic (exact) mass is 480 g/mol. The summed E-state index contributed by atoms with van der Waals surface area (Å²) in [6, 6.07) is 11.0. The number of methoxy groups -OCH3 is 1. The number of nitrogens with zero attached hydrogens (tertiary/aromatic N) is 2. The van der Waals surface area contributed by atoms with E-state index in [1.54, 1.807) is 54.0 Å². The third kappa shape index (κ3) is 4.22. The van der Waals surface area contributed by atoms with Gasteiger partial charge in [0.25, 0.3) is 5.78 Å². The number of benzene rings is 2. The van der Waals surface area contributed by atoms with Gasteiger partial charge in [-0.05, 0) is 43.7 Å². The normalized spacial score (nSPS) is 17.1. The Bertz CT molecular complexity index is 1240. The minimum Gasteiger partial charge on any atom is -0.507 e. The Kier molecular flexibility index (Phi) is 6.83. The Labute approximate surface area is 201 Å². The van der Waals surface area contributed by atoms with Crippen LogP contribution >= 0.6 is 11.3 Å². The summed E-state index contributed by atoms with van der Waals surface area (Å²) in [6.45, 7) is 4.61. The number of rotatable bonds is 8. The van der Waals surface area contributed by atoms with E-state index >= 15 is 0 Å². The molecule has 1 aliphatic rings. The van der Waals surface area contributed by atoms with Crippen molar-refractivity contribution in [1.29, 1.82) is 0 Å². The highest BCUT2D eigenvalue weighted by molar-refractivity contribution is 7.14. The van der Waals surface area contributed by atoms with Gasteiger partial charge in [-0.1, -0.05) is 18.2 Å². The van der Waals surface area contributed by atoms with E-state index < -0.39 is 17.7 Å². The minimum atomic E-state index is -0.911. The van der Waals surface area contributed by atoms with E-state index in [-0.39, 0.29) is 11.3 Å². The molecule has 9 heteroatoms. The number of Topliss-reactive ketones (excluding diaryl/α,β-unsaturated/α-hetero) is 1. The van der Waals surface area contributed by atoms with Crippen molar-refractivity contribution >= 4 is 33.9 Å². The van der Waals surface area contributed by atoms with Gasteiger partial charge in [-0.25, -0.2) is 4.98 Å². The lowest BCUT2D eigenvalue weighted by molar-refractivity contribution is -0.132. The molecule has 0 bridgehead atoms. The number of aliphatic hydroxyl groups is 1. The van der Waals surface area contributed by atoms with Crippen molar-refractivity contribution in [2.24, 2.45) is 0 Å². The summed E-state index contributed by atoms with van der Waals surface area (Å²) >= 11 is 1.23. The van der Waals surface area contributed by atoms with Crippen LogP contribution < -0.4 is 19.1 Å². The Hall–Kier alpha value is -3.85. The number of aliphatic hydroxyl groups excluding tert-OH is 1. The predicted molar refractivity (Wildman–Crippen MR) is 129 cm³/mol. The van der Waals surface area contributed by atoms with Crippen LogP contribution in [0.2, 0.25) is 0 Å². The highest BCUT2D eigenvalue weighted by atomic mass is 32.1. The van der Waals surface area contributed by atoms with Gasteiger partial charge in [0.2, 0.25) is 0 Å². The van der Waals surface area contributed by atoms with Crippen LogP contribution in [0.4, 0.5) is 5.13 Å². The largest absolute Gasteiger partial charge is 0.507 e. The maximum Gasteiger partial charge on any atom is 0.301 e. The molecular formula is C25H24N2O6S. The number of aromatic nitrogens is 1. The Morgan fingerprint density at radius 2 is 1.88 bits per heavy atom. The van der Waals surface area contributed by atoms with Crippen LogP contribution in [-0.2, 0) is 9.59 Å². The maximum absolute atomic E-state index is 13.2. The van der Waals surface area contributed by atoms with Gasteiger partial charge in [0, 0.05) is 17.1 Å². The van der Waals surface area contributed by atoms with Gasteiger partial charge >= 0.3 is 5.91 Å². The summed E-state index contributed by atoms with van der Waals surface area (Å²) < 4.78 is 16.6. The number of carbonyl (C=O) groups is 2. The van der Waals surface area contributed by atoms with Gasteiger partial charge in [0.1, 0.15) is 11.5 Å². The summed E-state index contributed by atoms with van der Waals surface area (Å²) in [6.07, 6.45) is 1.56. The number of amides is 1. The zero-order valence-corrected chi connectivity index (χ0v) is 19.8. The fraction of sp³-hybridized carbons (Fsp3) is 0.240. The quantitative estimate of drug-likeness (QED) is 0.286. The van der Waals surface area contributed by atoms with Crippen molar-refractivity contribution < 1.29 is 28.9 Å². The maximum atomic E-state index is 13.2. The van der Waals surface area contributed by atoms with Gasteiger partial charge < -0.3 is 19.3 Å². The van der Waals surface area contributed by atoms with Crippen LogP contribution in [-0.4, -0.2) is 42.1 Å². The molecular weight excluding hydrogens is 456 g/mol. The summed E-state index contributed by atoms with van der Waals surface area (Å²) in [7, 11) is 1.51. The van der Waals surface area contributed by atoms with E-state index in [0.29, 0.717) is 46.7 Å². The van der Waals surface area contributed by atoms with Crippen molar-refractivity contribution in [3.05, 3.63) is 70.7 Å². The smallest absolute Gasteiger partial charge is 0.301 e. The van der Waals surface area contributed by atoms with Crippen molar-refractivity contribution in [3.8, 4) is 17.2 Å². The molecule has 1 aromatic heterocycles. The molecule has 1 fully saturated rings. The van der Waals surface area contributed by atoms with E-state index in [1.807, 2.05) is 13.8 Å². The first-order valence-corrected chi connectivity index (χ1v) is 11.6. The van der Waals surface area contributed by atoms with Crippen LogP contribution in [0.3, 0.4) is 0 Å². The van der Waals surface area contributed by atoms with Gasteiger partial charge in [0.05, 0.1) is 31.9 Å². The summed E-state index contributed by atoms with van der Waals surface area (Å²) in [5.74, 6) is -0.341. The third-order valence-electron chi connectivity index (χ3n) is 5.29. The van der Waals surface area contributed by atoms with Gasteiger partial charge in [-0.2, -0.15) is 0 Å². The Balaban J connectivity index is 1.91. The first-order chi connectivity index (χ1) is 16.5. The van der Waals surface area contributed by atoms with Gasteiger partial charge in [0.15, 0.2) is 16.6 Å². The zero-order valence-electron chi connectivity index (χ0n) is 19.0. The average molecular weight is 481 g/mol. The van der Waals surface area contributed by atoms with Crippen LogP contribution in [0.5, 0.6) is 17.2 Å². The number of ether oxygens (including phenoxy) is 3. The van der Waals surface area contributed by atoms with Crippen molar-refractivity contribution in [2.45, 2.75) is 19.9 Å². The van der Waals surface area contributed by atoms with Crippen LogP contribution in [0, 0.1) is 0 Å². The number of hydrogen-bond acceptors (Lipinski definition) is 8. The van der Waals surface area contributed by atoms with E-state index in [2.05, 4.69) is 4.98 Å². The third-order valence-corrected chi connectivity index (χ3v) is 6.06. The van der Waals surface area contributed by atoms with Crippen molar-refractivity contribution in [2.75, 3.05) is 25.2 Å². The molecule has 0 aliphatic carbocycles. The second-order valence-electron chi connectivity index (χ2n) is 7.29. The SMILES string of the molecule is CCOc1cccc(C(O)=C2C(=O)C(=O)N(c3nccs3)C2c2ccc(OCC)c(OC)c2)c1. The van der Waals surface area contributed by atoms with Crippen molar-refractivity contribution in [1.82, 2.24) is 4.98 Å². The van der Waals surface area contributed by atoms with Crippen LogP contribution in [0.15, 0.2) is 59.6 Å². The molecule has 1 saturated heterocycles. The number of carbonyl (C=O) groups excluding carboxylic acids is 2. The molecule has 0 spiro atoms. The van der Waals surface area contributed by atoms with Gasteiger partial charge in [-0.15, -0.1) is 11.3 Å². The first-order valence-electron chi connectivity index (χ1n) is 10.7. The van der Waals surface area contributed by atoms with Crippen molar-refractivity contribution in [3.63, 3.8) is 0 Å². The molecule has 1 amide bonds.